The first-order chi connectivity index (χ1) is 12.1. The molecular weight excluding hydrogens is 318 g/mol. The van der Waals surface area contributed by atoms with Crippen LogP contribution in [0.4, 0.5) is 4.79 Å². The van der Waals surface area contributed by atoms with Crippen LogP contribution in [0.15, 0.2) is 30.3 Å². The van der Waals surface area contributed by atoms with Gasteiger partial charge in [0.2, 0.25) is 0 Å². The Hall–Kier alpha value is -2.08. The number of fused-ring (bicyclic) bond motifs is 2. The SMILES string of the molecule is O=C(O)C1CC2CCC1N2C(=O)N1CCN(Cc2ccccc2)CC1. The first-order valence-electron chi connectivity index (χ1n) is 9.20. The van der Waals surface area contributed by atoms with Crippen LogP contribution in [-0.4, -0.2) is 70.1 Å². The van der Waals surface area contributed by atoms with E-state index >= 15 is 0 Å². The lowest BCUT2D eigenvalue weighted by Gasteiger charge is -2.38. The highest BCUT2D eigenvalue weighted by Crippen LogP contribution is 2.42. The molecule has 0 saturated carbocycles. The first kappa shape index (κ1) is 16.4. The van der Waals surface area contributed by atoms with Crippen LogP contribution in [0.5, 0.6) is 0 Å². The molecule has 2 amide bonds. The van der Waals surface area contributed by atoms with E-state index in [2.05, 4.69) is 29.2 Å². The van der Waals surface area contributed by atoms with Crippen LogP contribution in [0.3, 0.4) is 0 Å². The van der Waals surface area contributed by atoms with Crippen molar-refractivity contribution in [2.45, 2.75) is 37.9 Å². The molecule has 3 saturated heterocycles. The average molecular weight is 343 g/mol. The zero-order valence-corrected chi connectivity index (χ0v) is 14.4. The number of hydrogen-bond donors (Lipinski definition) is 1. The standard InChI is InChI=1S/C19H25N3O3/c23-18(24)16-12-15-6-7-17(16)22(15)19(25)21-10-8-20(9-11-21)13-14-4-2-1-3-5-14/h1-5,15-17H,6-13H2,(H,23,24). The van der Waals surface area contributed by atoms with E-state index in [-0.39, 0.29) is 24.0 Å². The lowest BCUT2D eigenvalue weighted by molar-refractivity contribution is -0.142. The Morgan fingerprint density at radius 2 is 1.76 bits per heavy atom. The first-order valence-corrected chi connectivity index (χ1v) is 9.20. The summed E-state index contributed by atoms with van der Waals surface area (Å²) in [6, 6.07) is 10.5. The summed E-state index contributed by atoms with van der Waals surface area (Å²) < 4.78 is 0. The molecule has 3 fully saturated rings. The molecule has 3 aliphatic heterocycles. The average Bonchev–Trinajstić information content (AvgIpc) is 3.21. The van der Waals surface area contributed by atoms with Crippen LogP contribution in [0.2, 0.25) is 0 Å². The predicted octanol–water partition coefficient (Wildman–Crippen LogP) is 1.86. The van der Waals surface area contributed by atoms with Gasteiger partial charge in [0.05, 0.1) is 5.92 Å². The molecule has 0 spiro atoms. The van der Waals surface area contributed by atoms with Crippen molar-refractivity contribution in [3.8, 4) is 0 Å². The van der Waals surface area contributed by atoms with Crippen molar-refractivity contribution in [2.75, 3.05) is 26.2 Å². The smallest absolute Gasteiger partial charge is 0.320 e. The van der Waals surface area contributed by atoms with Gasteiger partial charge in [-0.3, -0.25) is 9.69 Å². The molecule has 1 aromatic carbocycles. The maximum absolute atomic E-state index is 12.9. The van der Waals surface area contributed by atoms with E-state index in [9.17, 15) is 14.7 Å². The molecule has 25 heavy (non-hydrogen) atoms. The summed E-state index contributed by atoms with van der Waals surface area (Å²) in [6.07, 6.45) is 2.41. The second-order valence-corrected chi connectivity index (χ2v) is 7.42. The third kappa shape index (κ3) is 3.11. The van der Waals surface area contributed by atoms with Crippen molar-refractivity contribution in [1.82, 2.24) is 14.7 Å². The summed E-state index contributed by atoms with van der Waals surface area (Å²) in [7, 11) is 0. The Balaban J connectivity index is 1.34. The van der Waals surface area contributed by atoms with E-state index in [4.69, 9.17) is 0 Å². The number of piperazine rings is 1. The van der Waals surface area contributed by atoms with Gasteiger partial charge >= 0.3 is 12.0 Å². The van der Waals surface area contributed by atoms with Crippen molar-refractivity contribution in [3.05, 3.63) is 35.9 Å². The summed E-state index contributed by atoms with van der Waals surface area (Å²) in [6.45, 7) is 4.09. The topological polar surface area (TPSA) is 64.1 Å². The number of carbonyl (C=O) groups excluding carboxylic acids is 1. The van der Waals surface area contributed by atoms with Crippen LogP contribution in [0.1, 0.15) is 24.8 Å². The summed E-state index contributed by atoms with van der Waals surface area (Å²) in [5.74, 6) is -1.13. The number of aliphatic carboxylic acids is 1. The van der Waals surface area contributed by atoms with Gasteiger partial charge in [-0.1, -0.05) is 30.3 Å². The zero-order chi connectivity index (χ0) is 17.4. The number of hydrogen-bond acceptors (Lipinski definition) is 3. The Morgan fingerprint density at radius 3 is 2.40 bits per heavy atom. The monoisotopic (exact) mass is 343 g/mol. The van der Waals surface area contributed by atoms with Gasteiger partial charge in [0, 0.05) is 44.8 Å². The Bertz CT molecular complexity index is 643. The summed E-state index contributed by atoms with van der Waals surface area (Å²) >= 11 is 0. The highest BCUT2D eigenvalue weighted by molar-refractivity contribution is 5.79. The lowest BCUT2D eigenvalue weighted by Crippen LogP contribution is -2.54. The molecule has 3 heterocycles. The van der Waals surface area contributed by atoms with Gasteiger partial charge in [0.25, 0.3) is 0 Å². The van der Waals surface area contributed by atoms with Crippen LogP contribution in [0, 0.1) is 5.92 Å². The van der Waals surface area contributed by atoms with Gasteiger partial charge in [-0.05, 0) is 24.8 Å². The highest BCUT2D eigenvalue weighted by atomic mass is 16.4. The number of nitrogens with zero attached hydrogens (tertiary/aromatic N) is 3. The number of carbonyl (C=O) groups is 2. The molecule has 1 N–H and O–H groups in total. The van der Waals surface area contributed by atoms with Gasteiger partial charge < -0.3 is 14.9 Å². The second kappa shape index (κ2) is 6.67. The van der Waals surface area contributed by atoms with Crippen LogP contribution in [0.25, 0.3) is 0 Å². The summed E-state index contributed by atoms with van der Waals surface area (Å²) in [5.41, 5.74) is 1.30. The fourth-order valence-corrected chi connectivity index (χ4v) is 4.65. The molecular formula is C19H25N3O3. The maximum Gasteiger partial charge on any atom is 0.320 e. The number of urea groups is 1. The molecule has 2 bridgehead atoms. The molecule has 4 rings (SSSR count). The molecule has 1 aromatic rings. The minimum absolute atomic E-state index is 0.0515. The number of benzene rings is 1. The van der Waals surface area contributed by atoms with Crippen molar-refractivity contribution in [3.63, 3.8) is 0 Å². The molecule has 6 nitrogen and oxygen atoms in total. The number of carboxylic acid groups (broad SMARTS) is 1. The van der Waals surface area contributed by atoms with Crippen molar-refractivity contribution in [2.24, 2.45) is 5.92 Å². The van der Waals surface area contributed by atoms with E-state index in [1.807, 2.05) is 15.9 Å². The molecule has 0 aromatic heterocycles. The van der Waals surface area contributed by atoms with Gasteiger partial charge in [-0.25, -0.2) is 4.79 Å². The largest absolute Gasteiger partial charge is 0.481 e. The molecule has 3 atom stereocenters. The van der Waals surface area contributed by atoms with E-state index in [0.29, 0.717) is 6.42 Å². The number of amides is 2. The maximum atomic E-state index is 12.9. The van der Waals surface area contributed by atoms with Gasteiger partial charge in [-0.15, -0.1) is 0 Å². The fraction of sp³-hybridized carbons (Fsp3) is 0.579. The molecule has 3 aliphatic rings. The van der Waals surface area contributed by atoms with Crippen molar-refractivity contribution < 1.29 is 14.7 Å². The second-order valence-electron chi connectivity index (χ2n) is 7.42. The molecule has 3 unspecified atom stereocenters. The zero-order valence-electron chi connectivity index (χ0n) is 14.4. The number of carboxylic acids is 1. The third-order valence-electron chi connectivity index (χ3n) is 5.97. The van der Waals surface area contributed by atoms with E-state index in [1.165, 1.54) is 5.56 Å². The minimum atomic E-state index is -0.752. The highest BCUT2D eigenvalue weighted by Gasteiger charge is 2.52. The molecule has 0 radical (unpaired) electrons. The lowest BCUT2D eigenvalue weighted by atomic mass is 9.89. The predicted molar refractivity (Wildman–Crippen MR) is 93.1 cm³/mol. The Kier molecular flexibility index (Phi) is 4.37. The Morgan fingerprint density at radius 1 is 1.04 bits per heavy atom. The third-order valence-corrected chi connectivity index (χ3v) is 5.97. The van der Waals surface area contributed by atoms with Crippen molar-refractivity contribution >= 4 is 12.0 Å². The van der Waals surface area contributed by atoms with Crippen LogP contribution < -0.4 is 0 Å². The normalized spacial score (nSPS) is 29.2. The minimum Gasteiger partial charge on any atom is -0.481 e. The molecule has 0 aliphatic carbocycles. The summed E-state index contributed by atoms with van der Waals surface area (Å²) in [4.78, 5) is 30.5. The Labute approximate surface area is 148 Å². The van der Waals surface area contributed by atoms with E-state index in [1.54, 1.807) is 0 Å². The van der Waals surface area contributed by atoms with E-state index < -0.39 is 5.97 Å². The fourth-order valence-electron chi connectivity index (χ4n) is 4.65. The van der Waals surface area contributed by atoms with Gasteiger partial charge in [-0.2, -0.15) is 0 Å². The van der Waals surface area contributed by atoms with Crippen LogP contribution in [-0.2, 0) is 11.3 Å². The quantitative estimate of drug-likeness (QED) is 0.910. The van der Waals surface area contributed by atoms with Gasteiger partial charge in [0.15, 0.2) is 0 Å². The molecule has 134 valence electrons. The summed E-state index contributed by atoms with van der Waals surface area (Å²) in [5, 5.41) is 9.36. The van der Waals surface area contributed by atoms with Gasteiger partial charge in [0.1, 0.15) is 0 Å². The van der Waals surface area contributed by atoms with Crippen LogP contribution >= 0.6 is 0 Å². The van der Waals surface area contributed by atoms with E-state index in [0.717, 1.165) is 45.6 Å². The number of rotatable bonds is 3. The molecule has 6 heteroatoms. The van der Waals surface area contributed by atoms with Crippen molar-refractivity contribution in [1.29, 1.82) is 0 Å².